The summed E-state index contributed by atoms with van der Waals surface area (Å²) >= 11 is 1.51. The van der Waals surface area contributed by atoms with Gasteiger partial charge in [0, 0.05) is 10.5 Å². The number of nitriles is 1. The molecule has 0 saturated carbocycles. The summed E-state index contributed by atoms with van der Waals surface area (Å²) in [5, 5.41) is 11.7. The van der Waals surface area contributed by atoms with Gasteiger partial charge in [0.1, 0.15) is 11.5 Å². The van der Waals surface area contributed by atoms with Crippen LogP contribution in [0.25, 0.3) is 21.6 Å². The highest BCUT2D eigenvalue weighted by molar-refractivity contribution is 7.11. The Bertz CT molecular complexity index is 1810. The molecular weight excluding hydrogens is 563 g/mol. The van der Waals surface area contributed by atoms with Crippen LogP contribution in [-0.4, -0.2) is 20.3 Å². The second-order valence-electron chi connectivity index (χ2n) is 9.86. The van der Waals surface area contributed by atoms with Gasteiger partial charge in [-0.15, -0.1) is 11.3 Å². The van der Waals surface area contributed by atoms with Gasteiger partial charge in [-0.1, -0.05) is 84.9 Å². The summed E-state index contributed by atoms with van der Waals surface area (Å²) in [7, 11) is 1.66. The summed E-state index contributed by atoms with van der Waals surface area (Å²) in [4.78, 5) is 4.42. The molecule has 1 heterocycles. The van der Waals surface area contributed by atoms with Gasteiger partial charge in [-0.2, -0.15) is 0 Å². The van der Waals surface area contributed by atoms with E-state index in [9.17, 15) is 5.26 Å². The highest BCUT2D eigenvalue weighted by Gasteiger charge is 2.18. The monoisotopic (exact) mass is 593 g/mol. The smallest absolute Gasteiger partial charge is 0.270 e. The molecule has 0 fully saturated rings. The van der Waals surface area contributed by atoms with Crippen molar-refractivity contribution in [2.45, 2.75) is 6.42 Å². The van der Waals surface area contributed by atoms with Crippen LogP contribution in [-0.2, 0) is 0 Å². The molecule has 5 nitrogen and oxygen atoms in total. The van der Waals surface area contributed by atoms with Gasteiger partial charge in [0.25, 0.3) is 5.70 Å². The number of nitrogens with zero attached hydrogens (tertiary/aromatic N) is 2. The lowest BCUT2D eigenvalue weighted by Gasteiger charge is -2.19. The third-order valence-electron chi connectivity index (χ3n) is 7.14. The number of ether oxygens (including phenoxy) is 2. The molecule has 0 spiro atoms. The fraction of sp³-hybridized carbons (Fsp3) is 0.105. The molecule has 1 aromatic heterocycles. The van der Waals surface area contributed by atoms with E-state index in [4.69, 9.17) is 21.8 Å². The highest BCUT2D eigenvalue weighted by atomic mass is 32.1. The van der Waals surface area contributed by atoms with E-state index in [1.54, 1.807) is 7.11 Å². The van der Waals surface area contributed by atoms with Gasteiger partial charge in [-0.3, -0.25) is 0 Å². The zero-order chi connectivity index (χ0) is 30.7. The predicted molar refractivity (Wildman–Crippen MR) is 179 cm³/mol. The molecule has 0 aliphatic carbocycles. The Kier molecular flexibility index (Phi) is 10.0. The van der Waals surface area contributed by atoms with E-state index in [0.717, 1.165) is 61.8 Å². The number of methoxy groups -OCH3 is 1. The molecular formula is C38H31N3O2S. The van der Waals surface area contributed by atoms with Crippen molar-refractivity contribution in [1.82, 2.24) is 0 Å². The largest absolute Gasteiger partial charge is 0.497 e. The highest BCUT2D eigenvalue weighted by Crippen LogP contribution is 2.39. The van der Waals surface area contributed by atoms with Crippen LogP contribution < -0.4 is 15.2 Å². The van der Waals surface area contributed by atoms with E-state index in [1.165, 1.54) is 11.3 Å². The topological polar surface area (TPSA) is 72.6 Å². The van der Waals surface area contributed by atoms with Crippen LogP contribution in [0.5, 0.6) is 11.5 Å². The fourth-order valence-corrected chi connectivity index (χ4v) is 5.81. The van der Waals surface area contributed by atoms with E-state index >= 15 is 0 Å². The Morgan fingerprint density at radius 3 is 1.73 bits per heavy atom. The lowest BCUT2D eigenvalue weighted by molar-refractivity contribution is 0.313. The lowest BCUT2D eigenvalue weighted by atomic mass is 9.85. The van der Waals surface area contributed by atoms with Crippen molar-refractivity contribution >= 4 is 28.1 Å². The Labute approximate surface area is 262 Å². The van der Waals surface area contributed by atoms with Crippen molar-refractivity contribution in [2.24, 2.45) is 5.73 Å². The van der Waals surface area contributed by atoms with E-state index < -0.39 is 0 Å². The molecule has 0 aliphatic heterocycles. The molecule has 4 aromatic carbocycles. The van der Waals surface area contributed by atoms with E-state index in [1.807, 2.05) is 72.1 Å². The molecule has 0 atom stereocenters. The second-order valence-corrected chi connectivity index (χ2v) is 10.8. The first-order chi connectivity index (χ1) is 21.7. The average Bonchev–Trinajstić information content (AvgIpc) is 3.62. The Morgan fingerprint density at radius 2 is 1.25 bits per heavy atom. The van der Waals surface area contributed by atoms with Crippen molar-refractivity contribution in [1.29, 1.82) is 5.26 Å². The third kappa shape index (κ3) is 6.80. The number of hydrogen-bond acceptors (Lipinski definition) is 5. The summed E-state index contributed by atoms with van der Waals surface area (Å²) in [6.07, 6.45) is 0.794. The third-order valence-corrected chi connectivity index (χ3v) is 8.02. The minimum atomic E-state index is 0.0757. The molecule has 6 heteroatoms. The number of allylic oxidation sites excluding steroid dienone is 1. The molecule has 0 aliphatic rings. The van der Waals surface area contributed by atoms with Gasteiger partial charge in [0.15, 0.2) is 0 Å². The van der Waals surface area contributed by atoms with E-state index in [2.05, 4.69) is 59.4 Å². The molecule has 44 heavy (non-hydrogen) atoms. The molecule has 5 aromatic rings. The Hall–Kier alpha value is -5.40. The first-order valence-corrected chi connectivity index (χ1v) is 15.1. The second kappa shape index (κ2) is 14.7. The maximum atomic E-state index is 9.74. The number of hydrogen-bond donors (Lipinski definition) is 1. The fourth-order valence-electron chi connectivity index (χ4n) is 5.02. The van der Waals surface area contributed by atoms with Crippen molar-refractivity contribution in [2.75, 3.05) is 20.3 Å². The van der Waals surface area contributed by atoms with Crippen molar-refractivity contribution < 1.29 is 9.47 Å². The van der Waals surface area contributed by atoms with Crippen LogP contribution in [0.4, 0.5) is 0 Å². The molecule has 0 bridgehead atoms. The summed E-state index contributed by atoms with van der Waals surface area (Å²) in [6, 6.07) is 40.6. The molecule has 216 valence electrons. The molecule has 0 radical (unpaired) electrons. The standard InChI is InChI=1S/C38H31N3O2S/c1-41-34(26-40)38(35-10-6-25-44-35)31-13-11-28(12-14-31)36(27-8-4-3-5-9-27)37(29-15-19-32(42-2)20-16-29)30-17-21-33(22-18-30)43-24-7-23-39/h3-6,8-22,25H,7,23-24,39H2,2H3/b37-36?,38-34+. The quantitative estimate of drug-likeness (QED) is 0.0720. The average molecular weight is 594 g/mol. The molecule has 5 rings (SSSR count). The van der Waals surface area contributed by atoms with Gasteiger partial charge in [0.2, 0.25) is 0 Å². The van der Waals surface area contributed by atoms with Crippen LogP contribution in [0.1, 0.15) is 39.1 Å². The SMILES string of the molecule is [C-]#[N+]/C(C#N)=C(\c1ccc(C(=C(c2ccc(OC)cc2)c2ccc(OCCCN)cc2)c2ccccc2)cc1)c1cccs1. The van der Waals surface area contributed by atoms with Crippen LogP contribution in [0, 0.1) is 17.9 Å². The number of benzene rings is 4. The van der Waals surface area contributed by atoms with Crippen LogP contribution in [0.15, 0.2) is 126 Å². The van der Waals surface area contributed by atoms with Gasteiger partial charge in [-0.05, 0) is 87.6 Å². The Morgan fingerprint density at radius 1 is 0.727 bits per heavy atom. The first kappa shape index (κ1) is 30.1. The minimum absolute atomic E-state index is 0.0757. The predicted octanol–water partition coefficient (Wildman–Crippen LogP) is 8.69. The van der Waals surface area contributed by atoms with Crippen molar-refractivity contribution in [3.8, 4) is 17.6 Å². The van der Waals surface area contributed by atoms with Crippen LogP contribution >= 0.6 is 11.3 Å². The summed E-state index contributed by atoms with van der Waals surface area (Å²) < 4.78 is 11.4. The van der Waals surface area contributed by atoms with Crippen LogP contribution in [0.2, 0.25) is 0 Å². The minimum Gasteiger partial charge on any atom is -0.497 e. The zero-order valence-electron chi connectivity index (χ0n) is 24.4. The van der Waals surface area contributed by atoms with E-state index in [0.29, 0.717) is 18.7 Å². The van der Waals surface area contributed by atoms with Gasteiger partial charge in [-0.25, -0.2) is 10.1 Å². The van der Waals surface area contributed by atoms with Gasteiger partial charge >= 0.3 is 0 Å². The summed E-state index contributed by atoms with van der Waals surface area (Å²) in [5.74, 6) is 1.58. The van der Waals surface area contributed by atoms with Gasteiger partial charge in [0.05, 0.1) is 26.4 Å². The van der Waals surface area contributed by atoms with Crippen molar-refractivity contribution in [3.63, 3.8) is 0 Å². The lowest BCUT2D eigenvalue weighted by Crippen LogP contribution is -2.06. The number of rotatable bonds is 11. The Balaban J connectivity index is 1.71. The zero-order valence-corrected chi connectivity index (χ0v) is 25.2. The number of nitrogens with two attached hydrogens (primary N) is 1. The molecule has 0 amide bonds. The van der Waals surface area contributed by atoms with E-state index in [-0.39, 0.29) is 5.70 Å². The first-order valence-electron chi connectivity index (χ1n) is 14.2. The molecule has 0 unspecified atom stereocenters. The molecule has 2 N–H and O–H groups in total. The number of thiophene rings is 1. The van der Waals surface area contributed by atoms with Crippen LogP contribution in [0.3, 0.4) is 0 Å². The summed E-state index contributed by atoms with van der Waals surface area (Å²) in [6.45, 7) is 8.78. The maximum absolute atomic E-state index is 9.74. The molecule has 0 saturated heterocycles. The van der Waals surface area contributed by atoms with Crippen molar-refractivity contribution in [3.05, 3.63) is 170 Å². The normalized spacial score (nSPS) is 11.9. The summed E-state index contributed by atoms with van der Waals surface area (Å²) in [5.41, 5.74) is 13.4. The maximum Gasteiger partial charge on any atom is 0.270 e. The van der Waals surface area contributed by atoms with Gasteiger partial charge < -0.3 is 15.2 Å².